The Morgan fingerprint density at radius 3 is 3.10 bits per heavy atom. The fourth-order valence-electron chi connectivity index (χ4n) is 0.619. The highest BCUT2D eigenvalue weighted by Crippen LogP contribution is 1.87. The van der Waals surface area contributed by atoms with Crippen molar-refractivity contribution in [3.05, 3.63) is 6.33 Å². The number of aryl methyl sites for hydroxylation is 1. The molecule has 54 valence electrons. The molecule has 5 nitrogen and oxygen atoms in total. The number of tetrazole rings is 1. The van der Waals surface area contributed by atoms with E-state index in [2.05, 4.69) is 15.5 Å². The van der Waals surface area contributed by atoms with E-state index in [-0.39, 0.29) is 0 Å². The van der Waals surface area contributed by atoms with E-state index >= 15 is 0 Å². The van der Waals surface area contributed by atoms with Crippen molar-refractivity contribution in [1.29, 1.82) is 0 Å². The van der Waals surface area contributed by atoms with E-state index in [9.17, 15) is 4.79 Å². The fraction of sp³-hybridized carbons (Fsp3) is 0.600. The Labute approximate surface area is 58.0 Å². The minimum Gasteiger partial charge on any atom is -0.303 e. The largest absolute Gasteiger partial charge is 0.303 e. The van der Waals surface area contributed by atoms with Crippen LogP contribution < -0.4 is 0 Å². The Morgan fingerprint density at radius 1 is 1.60 bits per heavy atom. The lowest BCUT2D eigenvalue weighted by Crippen LogP contribution is -1.98. The number of hydrogen-bond donors (Lipinski definition) is 0. The van der Waals surface area contributed by atoms with Gasteiger partial charge in [-0.25, -0.2) is 4.68 Å². The molecule has 1 aromatic heterocycles. The maximum atomic E-state index is 9.87. The summed E-state index contributed by atoms with van der Waals surface area (Å²) in [4.78, 5) is 9.87. The van der Waals surface area contributed by atoms with Crippen molar-refractivity contribution in [1.82, 2.24) is 20.2 Å². The first-order chi connectivity index (χ1) is 4.93. The molecular weight excluding hydrogens is 132 g/mol. The first-order valence-electron chi connectivity index (χ1n) is 3.08. The standard InChI is InChI=1S/C5H8N4O/c10-4-2-1-3-9-5-6-7-8-9/h4-5H,1-3H2. The second-order valence-corrected chi connectivity index (χ2v) is 1.88. The quantitative estimate of drug-likeness (QED) is 0.423. The molecule has 0 saturated heterocycles. The van der Waals surface area contributed by atoms with Gasteiger partial charge < -0.3 is 4.79 Å². The average Bonchev–Trinajstić information content (AvgIpc) is 2.41. The van der Waals surface area contributed by atoms with Crippen molar-refractivity contribution in [2.24, 2.45) is 0 Å². The normalized spacial score (nSPS) is 9.60. The molecule has 0 bridgehead atoms. The second-order valence-electron chi connectivity index (χ2n) is 1.88. The van der Waals surface area contributed by atoms with Crippen LogP contribution in [-0.4, -0.2) is 26.5 Å². The summed E-state index contributed by atoms with van der Waals surface area (Å²) in [5.41, 5.74) is 0. The van der Waals surface area contributed by atoms with Gasteiger partial charge in [-0.2, -0.15) is 0 Å². The Kier molecular flexibility index (Phi) is 2.54. The Morgan fingerprint density at radius 2 is 2.50 bits per heavy atom. The highest BCUT2D eigenvalue weighted by atomic mass is 16.1. The summed E-state index contributed by atoms with van der Waals surface area (Å²) in [5.74, 6) is 0. The van der Waals surface area contributed by atoms with Gasteiger partial charge in [0.05, 0.1) is 0 Å². The molecule has 0 amide bonds. The van der Waals surface area contributed by atoms with E-state index in [1.807, 2.05) is 0 Å². The van der Waals surface area contributed by atoms with Crippen LogP contribution in [-0.2, 0) is 11.3 Å². The molecule has 0 aromatic carbocycles. The molecule has 1 aromatic rings. The molecule has 0 atom stereocenters. The highest BCUT2D eigenvalue weighted by molar-refractivity contribution is 5.48. The molecule has 0 radical (unpaired) electrons. The van der Waals surface area contributed by atoms with Crippen LogP contribution in [0.4, 0.5) is 0 Å². The number of hydrogen-bond acceptors (Lipinski definition) is 4. The average molecular weight is 140 g/mol. The van der Waals surface area contributed by atoms with Crippen molar-refractivity contribution in [2.45, 2.75) is 19.4 Å². The topological polar surface area (TPSA) is 60.7 Å². The van der Waals surface area contributed by atoms with Crippen molar-refractivity contribution in [3.63, 3.8) is 0 Å². The third-order valence-corrected chi connectivity index (χ3v) is 1.10. The maximum Gasteiger partial charge on any atom is 0.138 e. The maximum absolute atomic E-state index is 9.87. The van der Waals surface area contributed by atoms with Crippen molar-refractivity contribution in [2.75, 3.05) is 0 Å². The van der Waals surface area contributed by atoms with Gasteiger partial charge in [-0.3, -0.25) is 0 Å². The fourth-order valence-corrected chi connectivity index (χ4v) is 0.619. The molecule has 0 aliphatic rings. The third kappa shape index (κ3) is 1.93. The van der Waals surface area contributed by atoms with Crippen molar-refractivity contribution < 1.29 is 4.79 Å². The van der Waals surface area contributed by atoms with Crippen LogP contribution in [0, 0.1) is 0 Å². The summed E-state index contributed by atoms with van der Waals surface area (Å²) in [6.45, 7) is 0.714. The van der Waals surface area contributed by atoms with Gasteiger partial charge in [-0.1, -0.05) is 0 Å². The molecule has 1 heterocycles. The minimum atomic E-state index is 0.569. The second kappa shape index (κ2) is 3.71. The molecule has 0 fully saturated rings. The summed E-state index contributed by atoms with van der Waals surface area (Å²) < 4.78 is 1.60. The van der Waals surface area contributed by atoms with E-state index < -0.39 is 0 Å². The SMILES string of the molecule is O=CCCCn1cnnn1. The summed E-state index contributed by atoms with van der Waals surface area (Å²) in [5, 5.41) is 10.5. The summed E-state index contributed by atoms with van der Waals surface area (Å²) in [7, 11) is 0. The number of nitrogens with zero attached hydrogens (tertiary/aromatic N) is 4. The predicted octanol–water partition coefficient (Wildman–Crippen LogP) is -0.348. The predicted molar refractivity (Wildman–Crippen MR) is 33.1 cm³/mol. The van der Waals surface area contributed by atoms with Crippen LogP contribution in [0.2, 0.25) is 0 Å². The molecule has 0 N–H and O–H groups in total. The lowest BCUT2D eigenvalue weighted by atomic mass is 10.3. The number of carbonyl (C=O) groups is 1. The first-order valence-corrected chi connectivity index (χ1v) is 3.08. The number of unbranched alkanes of at least 4 members (excludes halogenated alkanes) is 1. The van der Waals surface area contributed by atoms with Crippen LogP contribution in [0.3, 0.4) is 0 Å². The first kappa shape index (κ1) is 6.85. The van der Waals surface area contributed by atoms with E-state index in [1.165, 1.54) is 6.33 Å². The number of aromatic nitrogens is 4. The minimum absolute atomic E-state index is 0.569. The highest BCUT2D eigenvalue weighted by Gasteiger charge is 1.90. The zero-order chi connectivity index (χ0) is 7.23. The van der Waals surface area contributed by atoms with E-state index in [0.717, 1.165) is 12.7 Å². The van der Waals surface area contributed by atoms with Crippen LogP contribution in [0.15, 0.2) is 6.33 Å². The molecule has 0 aliphatic carbocycles. The van der Waals surface area contributed by atoms with Gasteiger partial charge in [0.1, 0.15) is 12.6 Å². The van der Waals surface area contributed by atoms with Gasteiger partial charge >= 0.3 is 0 Å². The Bertz CT molecular complexity index is 184. The number of carbonyl (C=O) groups excluding carboxylic acids is 1. The summed E-state index contributed by atoms with van der Waals surface area (Å²) in [6, 6.07) is 0. The van der Waals surface area contributed by atoms with Gasteiger partial charge in [-0.15, -0.1) is 5.10 Å². The van der Waals surface area contributed by atoms with Gasteiger partial charge in [0.15, 0.2) is 0 Å². The van der Waals surface area contributed by atoms with Crippen molar-refractivity contribution in [3.8, 4) is 0 Å². The monoisotopic (exact) mass is 140 g/mol. The molecule has 1 rings (SSSR count). The molecule has 0 spiro atoms. The van der Waals surface area contributed by atoms with Crippen LogP contribution in [0.1, 0.15) is 12.8 Å². The third-order valence-electron chi connectivity index (χ3n) is 1.10. The molecule has 0 unspecified atom stereocenters. The van der Waals surface area contributed by atoms with Gasteiger partial charge in [0.25, 0.3) is 0 Å². The van der Waals surface area contributed by atoms with E-state index in [4.69, 9.17) is 0 Å². The smallest absolute Gasteiger partial charge is 0.138 e. The van der Waals surface area contributed by atoms with Gasteiger partial charge in [0.2, 0.25) is 0 Å². The summed E-state index contributed by atoms with van der Waals surface area (Å²) in [6.07, 6.45) is 3.80. The van der Waals surface area contributed by atoms with E-state index in [1.54, 1.807) is 4.68 Å². The summed E-state index contributed by atoms with van der Waals surface area (Å²) >= 11 is 0. The lowest BCUT2D eigenvalue weighted by molar-refractivity contribution is -0.107. The molecule has 0 saturated carbocycles. The van der Waals surface area contributed by atoms with E-state index in [0.29, 0.717) is 13.0 Å². The number of rotatable bonds is 4. The molecule has 10 heavy (non-hydrogen) atoms. The van der Waals surface area contributed by atoms with Gasteiger partial charge in [0, 0.05) is 13.0 Å². The molecule has 0 aliphatic heterocycles. The lowest BCUT2D eigenvalue weighted by Gasteiger charge is -1.92. The molecule has 5 heteroatoms. The number of aldehydes is 1. The zero-order valence-electron chi connectivity index (χ0n) is 5.47. The van der Waals surface area contributed by atoms with Gasteiger partial charge in [-0.05, 0) is 16.8 Å². The molecular formula is C5H8N4O. The van der Waals surface area contributed by atoms with Crippen LogP contribution in [0.5, 0.6) is 0 Å². The van der Waals surface area contributed by atoms with Crippen LogP contribution >= 0.6 is 0 Å². The Hall–Kier alpha value is -1.26. The zero-order valence-corrected chi connectivity index (χ0v) is 5.47. The van der Waals surface area contributed by atoms with Crippen molar-refractivity contribution >= 4 is 6.29 Å². The Balaban J connectivity index is 2.21. The van der Waals surface area contributed by atoms with Crippen LogP contribution in [0.25, 0.3) is 0 Å².